The number of rotatable bonds is 3. The molecule has 1 unspecified atom stereocenters. The minimum Gasteiger partial charge on any atom is -0.314 e. The van der Waals surface area contributed by atoms with E-state index in [0.29, 0.717) is 35.8 Å². The highest BCUT2D eigenvalue weighted by molar-refractivity contribution is 7.11. The fraction of sp³-hybridized carbons (Fsp3) is 0.400. The molecular formula is C15H15F4N3S. The molecule has 1 aromatic carbocycles. The maximum atomic E-state index is 13.4. The molecule has 1 fully saturated rings. The molecule has 0 amide bonds. The van der Waals surface area contributed by atoms with Crippen LogP contribution in [0.15, 0.2) is 30.5 Å². The summed E-state index contributed by atoms with van der Waals surface area (Å²) in [6.07, 6.45) is -3.13. The van der Waals surface area contributed by atoms with E-state index in [4.69, 9.17) is 0 Å². The molecule has 3 rings (SSSR count). The van der Waals surface area contributed by atoms with E-state index in [1.54, 1.807) is 6.07 Å². The average molecular weight is 345 g/mol. The Bertz CT molecular complexity index is 671. The number of piperazine rings is 1. The molecule has 8 heteroatoms. The Kier molecular flexibility index (Phi) is 4.65. The van der Waals surface area contributed by atoms with E-state index >= 15 is 0 Å². The molecule has 1 N–H and O–H groups in total. The second-order valence-electron chi connectivity index (χ2n) is 5.37. The van der Waals surface area contributed by atoms with Crippen molar-refractivity contribution in [3.63, 3.8) is 0 Å². The summed E-state index contributed by atoms with van der Waals surface area (Å²) in [5, 5.41) is 2.41. The maximum Gasteiger partial charge on any atom is 0.443 e. The van der Waals surface area contributed by atoms with Crippen LogP contribution in [0.4, 0.5) is 17.6 Å². The molecule has 1 aliphatic rings. The zero-order valence-corrected chi connectivity index (χ0v) is 12.9. The number of aromatic nitrogens is 1. The fourth-order valence-corrected chi connectivity index (χ4v) is 3.50. The van der Waals surface area contributed by atoms with E-state index in [9.17, 15) is 17.6 Å². The summed E-state index contributed by atoms with van der Waals surface area (Å²) in [5.41, 5.74) is 0.817. The van der Waals surface area contributed by atoms with Gasteiger partial charge in [-0.05, 0) is 17.7 Å². The van der Waals surface area contributed by atoms with Crippen molar-refractivity contribution in [2.75, 3.05) is 19.6 Å². The van der Waals surface area contributed by atoms with Crippen LogP contribution in [0, 0.1) is 5.82 Å². The summed E-state index contributed by atoms with van der Waals surface area (Å²) >= 11 is 0.662. The third-order valence-electron chi connectivity index (χ3n) is 3.74. The minimum atomic E-state index is -4.41. The number of benzene rings is 1. The van der Waals surface area contributed by atoms with Gasteiger partial charge < -0.3 is 5.32 Å². The molecule has 3 nitrogen and oxygen atoms in total. The van der Waals surface area contributed by atoms with Gasteiger partial charge in [-0.1, -0.05) is 12.1 Å². The number of hydrogen-bond acceptors (Lipinski definition) is 4. The third kappa shape index (κ3) is 3.88. The lowest BCUT2D eigenvalue weighted by atomic mass is 10.0. The largest absolute Gasteiger partial charge is 0.443 e. The Hall–Kier alpha value is -1.51. The maximum absolute atomic E-state index is 13.4. The molecule has 0 radical (unpaired) electrons. The molecule has 1 saturated heterocycles. The summed E-state index contributed by atoms with van der Waals surface area (Å²) < 4.78 is 51.4. The molecule has 1 aliphatic heterocycles. The SMILES string of the molecule is Fc1cccc(C2CNCCN2Cc2cnc(C(F)(F)F)s2)c1. The zero-order chi connectivity index (χ0) is 16.4. The van der Waals surface area contributed by atoms with Crippen LogP contribution in [0.5, 0.6) is 0 Å². The summed E-state index contributed by atoms with van der Waals surface area (Å²) in [5.74, 6) is -0.315. The Balaban J connectivity index is 1.78. The Morgan fingerprint density at radius 1 is 1.35 bits per heavy atom. The molecule has 1 aromatic heterocycles. The molecule has 124 valence electrons. The van der Waals surface area contributed by atoms with Crippen LogP contribution >= 0.6 is 11.3 Å². The van der Waals surface area contributed by atoms with Crippen LogP contribution in [-0.2, 0) is 12.7 Å². The van der Waals surface area contributed by atoms with Gasteiger partial charge in [0.2, 0.25) is 0 Å². The smallest absolute Gasteiger partial charge is 0.314 e. The first-order chi connectivity index (χ1) is 10.9. The highest BCUT2D eigenvalue weighted by Crippen LogP contribution is 2.34. The highest BCUT2D eigenvalue weighted by atomic mass is 32.1. The zero-order valence-electron chi connectivity index (χ0n) is 12.1. The van der Waals surface area contributed by atoms with Gasteiger partial charge in [0, 0.05) is 43.3 Å². The quantitative estimate of drug-likeness (QED) is 0.864. The van der Waals surface area contributed by atoms with E-state index in [0.717, 1.165) is 12.1 Å². The molecule has 23 heavy (non-hydrogen) atoms. The van der Waals surface area contributed by atoms with E-state index in [-0.39, 0.29) is 11.9 Å². The van der Waals surface area contributed by atoms with E-state index in [2.05, 4.69) is 15.2 Å². The normalized spacial score (nSPS) is 19.9. The molecule has 0 saturated carbocycles. The third-order valence-corrected chi connectivity index (χ3v) is 4.77. The minimum absolute atomic E-state index is 0.0733. The first kappa shape index (κ1) is 16.4. The first-order valence-corrected chi connectivity index (χ1v) is 7.97. The van der Waals surface area contributed by atoms with Crippen LogP contribution in [0.25, 0.3) is 0 Å². The number of thiazole rings is 1. The van der Waals surface area contributed by atoms with Gasteiger partial charge in [-0.25, -0.2) is 9.37 Å². The van der Waals surface area contributed by atoms with Crippen LogP contribution in [-0.4, -0.2) is 29.5 Å². The molecule has 2 aromatic rings. The predicted octanol–water partition coefficient (Wildman–Crippen LogP) is 3.45. The molecule has 1 atom stereocenters. The van der Waals surface area contributed by atoms with Crippen LogP contribution in [0.3, 0.4) is 0 Å². The molecular weight excluding hydrogens is 330 g/mol. The van der Waals surface area contributed by atoms with Gasteiger partial charge in [0.25, 0.3) is 0 Å². The van der Waals surface area contributed by atoms with Crippen molar-refractivity contribution < 1.29 is 17.6 Å². The number of hydrogen-bond donors (Lipinski definition) is 1. The number of alkyl halides is 3. The molecule has 0 spiro atoms. The van der Waals surface area contributed by atoms with Crippen molar-refractivity contribution in [2.24, 2.45) is 0 Å². The molecule has 0 aliphatic carbocycles. The summed E-state index contributed by atoms with van der Waals surface area (Å²) in [7, 11) is 0. The topological polar surface area (TPSA) is 28.2 Å². The lowest BCUT2D eigenvalue weighted by Crippen LogP contribution is -2.45. The monoisotopic (exact) mass is 345 g/mol. The van der Waals surface area contributed by atoms with Crippen molar-refractivity contribution in [1.29, 1.82) is 0 Å². The van der Waals surface area contributed by atoms with Gasteiger partial charge in [0.05, 0.1) is 0 Å². The van der Waals surface area contributed by atoms with Crippen molar-refractivity contribution in [3.8, 4) is 0 Å². The summed E-state index contributed by atoms with van der Waals surface area (Å²) in [6, 6.07) is 6.25. The van der Waals surface area contributed by atoms with E-state index < -0.39 is 11.2 Å². The fourth-order valence-electron chi connectivity index (χ4n) is 2.69. The van der Waals surface area contributed by atoms with Crippen LogP contribution in [0.1, 0.15) is 21.5 Å². The van der Waals surface area contributed by atoms with E-state index in [1.165, 1.54) is 18.3 Å². The van der Waals surface area contributed by atoms with Gasteiger partial charge in [-0.2, -0.15) is 13.2 Å². The van der Waals surface area contributed by atoms with Gasteiger partial charge >= 0.3 is 6.18 Å². The standard InChI is InChI=1S/C15H15F4N3S/c16-11-3-1-2-10(6-11)13-8-20-4-5-22(13)9-12-7-21-14(23-12)15(17,18)19/h1-3,6-7,13,20H,4-5,8-9H2. The lowest BCUT2D eigenvalue weighted by Gasteiger charge is -2.36. The van der Waals surface area contributed by atoms with Crippen LogP contribution in [0.2, 0.25) is 0 Å². The van der Waals surface area contributed by atoms with Gasteiger partial charge in [0.15, 0.2) is 5.01 Å². The average Bonchev–Trinajstić information content (AvgIpc) is 2.96. The number of nitrogens with one attached hydrogen (secondary N) is 1. The van der Waals surface area contributed by atoms with E-state index in [1.807, 2.05) is 6.07 Å². The highest BCUT2D eigenvalue weighted by Gasteiger charge is 2.35. The van der Waals surface area contributed by atoms with Gasteiger partial charge in [-0.15, -0.1) is 11.3 Å². The Morgan fingerprint density at radius 2 is 2.17 bits per heavy atom. The number of nitrogens with zero attached hydrogens (tertiary/aromatic N) is 2. The summed E-state index contributed by atoms with van der Waals surface area (Å²) in [4.78, 5) is 6.07. The second-order valence-corrected chi connectivity index (χ2v) is 6.49. The Morgan fingerprint density at radius 3 is 2.87 bits per heavy atom. The molecule has 2 heterocycles. The van der Waals surface area contributed by atoms with Crippen LogP contribution < -0.4 is 5.32 Å². The lowest BCUT2D eigenvalue weighted by molar-refractivity contribution is -0.137. The van der Waals surface area contributed by atoms with Crippen molar-refractivity contribution in [3.05, 3.63) is 51.7 Å². The van der Waals surface area contributed by atoms with Gasteiger partial charge in [-0.3, -0.25) is 4.90 Å². The van der Waals surface area contributed by atoms with Crippen molar-refractivity contribution in [2.45, 2.75) is 18.8 Å². The Labute approximate surface area is 135 Å². The van der Waals surface area contributed by atoms with Crippen molar-refractivity contribution >= 4 is 11.3 Å². The second kappa shape index (κ2) is 6.54. The summed E-state index contributed by atoms with van der Waals surface area (Å²) in [6.45, 7) is 2.43. The number of halogens is 4. The van der Waals surface area contributed by atoms with Gasteiger partial charge in [0.1, 0.15) is 5.82 Å². The first-order valence-electron chi connectivity index (χ1n) is 7.15. The predicted molar refractivity (Wildman–Crippen MR) is 79.5 cm³/mol. The van der Waals surface area contributed by atoms with Crippen molar-refractivity contribution in [1.82, 2.24) is 15.2 Å². The molecule has 0 bridgehead atoms.